The van der Waals surface area contributed by atoms with Crippen LogP contribution in [-0.4, -0.2) is 52.9 Å². The first-order chi connectivity index (χ1) is 11.7. The minimum absolute atomic E-state index is 0.0694. The van der Waals surface area contributed by atoms with Crippen LogP contribution in [0.5, 0.6) is 5.75 Å². The number of likely N-dealkylation sites (tertiary alicyclic amines) is 1. The van der Waals surface area contributed by atoms with Crippen LogP contribution in [0.2, 0.25) is 0 Å². The molecular weight excluding hydrogens is 347 g/mol. The summed E-state index contributed by atoms with van der Waals surface area (Å²) in [6.45, 7) is 2.35. The summed E-state index contributed by atoms with van der Waals surface area (Å²) in [5, 5.41) is 0. The van der Waals surface area contributed by atoms with E-state index < -0.39 is 5.82 Å². The van der Waals surface area contributed by atoms with E-state index in [4.69, 9.17) is 4.74 Å². The molecule has 0 saturated carbocycles. The summed E-state index contributed by atoms with van der Waals surface area (Å²) in [7, 11) is 0. The number of carbonyl (C=O) groups is 1. The number of piperidine rings is 1. The smallest absolute Gasteiger partial charge is 0.260 e. The van der Waals surface area contributed by atoms with Gasteiger partial charge in [-0.05, 0) is 30.9 Å². The molecule has 1 saturated heterocycles. The van der Waals surface area contributed by atoms with Crippen molar-refractivity contribution in [3.63, 3.8) is 0 Å². The number of rotatable bonds is 5. The molecule has 0 N–H and O–H groups in total. The second-order valence-corrected chi connectivity index (χ2v) is 8.20. The fourth-order valence-corrected chi connectivity index (χ4v) is 4.95. The summed E-state index contributed by atoms with van der Waals surface area (Å²) in [4.78, 5) is 18.5. The first-order valence-corrected chi connectivity index (χ1v) is 10.1. The zero-order chi connectivity index (χ0) is 16.8. The average molecular weight is 368 g/mol. The van der Waals surface area contributed by atoms with Gasteiger partial charge in [0.05, 0.1) is 6.54 Å². The standard InChI is InChI=1S/C17H21FN2O2S2/c18-14-3-1-2-4-15(14)22-11-16(21)20-8-5-13(6-9-20)12-24-17-19-7-10-23-17/h1-4,13H,5-12H2. The number of para-hydroxylation sites is 1. The molecule has 3 rings (SSSR count). The highest BCUT2D eigenvalue weighted by molar-refractivity contribution is 8.39. The molecule has 0 aliphatic carbocycles. The van der Waals surface area contributed by atoms with Crippen LogP contribution in [0.25, 0.3) is 0 Å². The van der Waals surface area contributed by atoms with Gasteiger partial charge in [-0.2, -0.15) is 0 Å². The molecule has 0 aromatic heterocycles. The number of hydrogen-bond donors (Lipinski definition) is 0. The average Bonchev–Trinajstić information content (AvgIpc) is 3.13. The molecule has 1 fully saturated rings. The Morgan fingerprint density at radius 2 is 2.17 bits per heavy atom. The number of thioether (sulfide) groups is 2. The Kier molecular flexibility index (Phi) is 6.43. The van der Waals surface area contributed by atoms with Gasteiger partial charge in [0.25, 0.3) is 5.91 Å². The third-order valence-corrected chi connectivity index (χ3v) is 6.64. The van der Waals surface area contributed by atoms with Gasteiger partial charge in [-0.15, -0.1) is 0 Å². The quantitative estimate of drug-likeness (QED) is 0.800. The topological polar surface area (TPSA) is 41.9 Å². The predicted molar refractivity (Wildman–Crippen MR) is 98.4 cm³/mol. The number of nitrogens with zero attached hydrogens (tertiary/aromatic N) is 2. The van der Waals surface area contributed by atoms with Crippen LogP contribution in [0.15, 0.2) is 29.3 Å². The van der Waals surface area contributed by atoms with Crippen molar-refractivity contribution >= 4 is 33.8 Å². The molecular formula is C17H21FN2O2S2. The van der Waals surface area contributed by atoms with Crippen molar-refractivity contribution in [3.05, 3.63) is 30.1 Å². The van der Waals surface area contributed by atoms with E-state index in [1.807, 2.05) is 28.4 Å². The number of hydrogen-bond acceptors (Lipinski definition) is 5. The molecule has 2 heterocycles. The van der Waals surface area contributed by atoms with Crippen molar-refractivity contribution in [2.24, 2.45) is 10.9 Å². The van der Waals surface area contributed by atoms with Crippen molar-refractivity contribution in [1.82, 2.24) is 4.90 Å². The van der Waals surface area contributed by atoms with E-state index in [-0.39, 0.29) is 18.3 Å². The minimum atomic E-state index is -0.436. The van der Waals surface area contributed by atoms with Crippen molar-refractivity contribution in [2.45, 2.75) is 12.8 Å². The molecule has 1 aromatic rings. The summed E-state index contributed by atoms with van der Waals surface area (Å²) < 4.78 is 20.0. The maximum atomic E-state index is 13.5. The lowest BCUT2D eigenvalue weighted by Gasteiger charge is -2.31. The molecule has 1 amide bonds. The molecule has 2 aliphatic heterocycles. The van der Waals surface area contributed by atoms with Crippen molar-refractivity contribution in [1.29, 1.82) is 0 Å². The van der Waals surface area contributed by atoms with E-state index >= 15 is 0 Å². The summed E-state index contributed by atoms with van der Waals surface area (Å²) in [6, 6.07) is 6.16. The van der Waals surface area contributed by atoms with Crippen LogP contribution < -0.4 is 4.74 Å². The monoisotopic (exact) mass is 368 g/mol. The minimum Gasteiger partial charge on any atom is -0.481 e. The molecule has 0 unspecified atom stereocenters. The van der Waals surface area contributed by atoms with E-state index in [1.54, 1.807) is 12.1 Å². The van der Waals surface area contributed by atoms with E-state index in [0.29, 0.717) is 5.92 Å². The van der Waals surface area contributed by atoms with Crippen molar-refractivity contribution < 1.29 is 13.9 Å². The summed E-state index contributed by atoms with van der Waals surface area (Å²) in [5.41, 5.74) is 0. The van der Waals surface area contributed by atoms with Gasteiger partial charge in [0.15, 0.2) is 18.2 Å². The Labute approximate surface area is 150 Å². The fourth-order valence-electron chi connectivity index (χ4n) is 2.73. The molecule has 0 atom stereocenters. The van der Waals surface area contributed by atoms with Crippen molar-refractivity contribution in [3.8, 4) is 5.75 Å². The Bertz CT molecular complexity index is 604. The zero-order valence-corrected chi connectivity index (χ0v) is 15.1. The van der Waals surface area contributed by atoms with Gasteiger partial charge in [0.1, 0.15) is 4.38 Å². The molecule has 0 bridgehead atoms. The number of benzene rings is 1. The predicted octanol–water partition coefficient (Wildman–Crippen LogP) is 3.28. The second-order valence-electron chi connectivity index (χ2n) is 5.85. The maximum absolute atomic E-state index is 13.5. The highest BCUT2D eigenvalue weighted by Gasteiger charge is 2.24. The van der Waals surface area contributed by atoms with Crippen LogP contribution >= 0.6 is 23.5 Å². The molecule has 2 aliphatic rings. The molecule has 0 radical (unpaired) electrons. The van der Waals surface area contributed by atoms with E-state index in [9.17, 15) is 9.18 Å². The van der Waals surface area contributed by atoms with Crippen LogP contribution in [-0.2, 0) is 4.79 Å². The Morgan fingerprint density at radius 1 is 1.38 bits per heavy atom. The van der Waals surface area contributed by atoms with Gasteiger partial charge in [0.2, 0.25) is 0 Å². The Morgan fingerprint density at radius 3 is 2.88 bits per heavy atom. The molecule has 4 nitrogen and oxygen atoms in total. The Hall–Kier alpha value is -1.21. The van der Waals surface area contributed by atoms with Gasteiger partial charge in [0, 0.05) is 24.6 Å². The van der Waals surface area contributed by atoms with Crippen molar-refractivity contribution in [2.75, 3.05) is 37.7 Å². The van der Waals surface area contributed by atoms with Crippen LogP contribution in [0, 0.1) is 11.7 Å². The highest BCUT2D eigenvalue weighted by Crippen LogP contribution is 2.28. The number of ether oxygens (including phenoxy) is 1. The lowest BCUT2D eigenvalue weighted by Crippen LogP contribution is -2.41. The molecule has 7 heteroatoms. The van der Waals surface area contributed by atoms with Gasteiger partial charge in [-0.3, -0.25) is 9.79 Å². The third kappa shape index (κ3) is 4.89. The van der Waals surface area contributed by atoms with Crippen LogP contribution in [0.4, 0.5) is 4.39 Å². The van der Waals surface area contributed by atoms with E-state index in [1.165, 1.54) is 16.5 Å². The summed E-state index contributed by atoms with van der Waals surface area (Å²) in [5.74, 6) is 2.45. The van der Waals surface area contributed by atoms with Gasteiger partial charge >= 0.3 is 0 Å². The Balaban J connectivity index is 1.38. The summed E-state index contributed by atoms with van der Waals surface area (Å²) in [6.07, 6.45) is 2.02. The normalized spacial score (nSPS) is 18.5. The second kappa shape index (κ2) is 8.76. The first-order valence-electron chi connectivity index (χ1n) is 8.17. The van der Waals surface area contributed by atoms with E-state index in [0.717, 1.165) is 44.0 Å². The molecule has 24 heavy (non-hydrogen) atoms. The molecule has 0 spiro atoms. The third-order valence-electron chi connectivity index (χ3n) is 4.16. The maximum Gasteiger partial charge on any atom is 0.260 e. The number of carbonyl (C=O) groups excluding carboxylic acids is 1. The fraction of sp³-hybridized carbons (Fsp3) is 0.529. The number of aliphatic imine (C=N–C) groups is 1. The zero-order valence-electron chi connectivity index (χ0n) is 13.4. The number of amides is 1. The largest absolute Gasteiger partial charge is 0.481 e. The van der Waals surface area contributed by atoms with E-state index in [2.05, 4.69) is 4.99 Å². The highest BCUT2D eigenvalue weighted by atomic mass is 32.2. The van der Waals surface area contributed by atoms with Crippen LogP contribution in [0.1, 0.15) is 12.8 Å². The summed E-state index contributed by atoms with van der Waals surface area (Å²) >= 11 is 3.70. The molecule has 130 valence electrons. The van der Waals surface area contributed by atoms with Gasteiger partial charge in [-0.1, -0.05) is 35.7 Å². The molecule has 1 aromatic carbocycles. The lowest BCUT2D eigenvalue weighted by molar-refractivity contribution is -0.134. The SMILES string of the molecule is O=C(COc1ccccc1F)N1CCC(CSC2=NCCS2)CC1. The number of halogens is 1. The first kappa shape index (κ1) is 17.6. The van der Waals surface area contributed by atoms with Gasteiger partial charge < -0.3 is 9.64 Å². The van der Waals surface area contributed by atoms with Gasteiger partial charge in [-0.25, -0.2) is 4.39 Å². The van der Waals surface area contributed by atoms with Crippen LogP contribution in [0.3, 0.4) is 0 Å². The lowest BCUT2D eigenvalue weighted by atomic mass is 9.99.